The van der Waals surface area contributed by atoms with Gasteiger partial charge in [-0.25, -0.2) is 8.42 Å². The molecule has 4 rings (SSSR count). The number of ether oxygens (including phenoxy) is 2. The number of hydrogen-bond acceptors (Lipinski definition) is 6. The molecule has 1 atom stereocenters. The average Bonchev–Trinajstić information content (AvgIpc) is 2.92. The maximum Gasteiger partial charge on any atom is 0.261 e. The first kappa shape index (κ1) is 27.1. The summed E-state index contributed by atoms with van der Waals surface area (Å²) < 4.78 is 38.7. The number of carbonyl (C=O) groups excluding carboxylic acids is 1. The predicted molar refractivity (Wildman–Crippen MR) is 152 cm³/mol. The Morgan fingerprint density at radius 3 is 1.97 bits per heavy atom. The first-order valence-corrected chi connectivity index (χ1v) is 14.1. The Morgan fingerprint density at radius 2 is 1.39 bits per heavy atom. The molecular weight excluding hydrogens is 520 g/mol. The highest BCUT2D eigenvalue weighted by Gasteiger charge is 2.23. The number of aryl methyl sites for hydroxylation is 1. The molecule has 9 heteroatoms. The molecule has 0 saturated heterocycles. The SMILES string of the molecule is COc1cc(NC(=O)C(Sc2ccc(NS(=O)(=O)c3ccc(C)cc3)cc2)c2ccccc2)cc(OC)c1. The fourth-order valence-electron chi connectivity index (χ4n) is 3.66. The number of methoxy groups -OCH3 is 2. The van der Waals surface area contributed by atoms with E-state index in [4.69, 9.17) is 9.47 Å². The summed E-state index contributed by atoms with van der Waals surface area (Å²) in [5, 5.41) is 2.40. The van der Waals surface area contributed by atoms with Gasteiger partial charge in [0.1, 0.15) is 16.7 Å². The topological polar surface area (TPSA) is 93.7 Å². The summed E-state index contributed by atoms with van der Waals surface area (Å²) in [6, 6.07) is 28.2. The maximum absolute atomic E-state index is 13.4. The average molecular weight is 549 g/mol. The molecule has 0 aliphatic heterocycles. The highest BCUT2D eigenvalue weighted by atomic mass is 32.2. The van der Waals surface area contributed by atoms with Crippen LogP contribution < -0.4 is 19.5 Å². The monoisotopic (exact) mass is 548 g/mol. The number of carbonyl (C=O) groups is 1. The lowest BCUT2D eigenvalue weighted by Crippen LogP contribution is -2.19. The molecule has 0 fully saturated rings. The minimum Gasteiger partial charge on any atom is -0.497 e. The van der Waals surface area contributed by atoms with Gasteiger partial charge in [0.15, 0.2) is 0 Å². The normalized spacial score (nSPS) is 11.9. The molecule has 0 spiro atoms. The van der Waals surface area contributed by atoms with E-state index >= 15 is 0 Å². The molecule has 0 heterocycles. The Hall–Kier alpha value is -3.95. The first-order valence-electron chi connectivity index (χ1n) is 11.7. The molecule has 196 valence electrons. The molecule has 0 aliphatic carbocycles. The van der Waals surface area contributed by atoms with Gasteiger partial charge in [-0.3, -0.25) is 9.52 Å². The molecule has 0 radical (unpaired) electrons. The van der Waals surface area contributed by atoms with Gasteiger partial charge in [-0.05, 0) is 48.9 Å². The molecule has 0 aromatic heterocycles. The molecule has 1 unspecified atom stereocenters. The summed E-state index contributed by atoms with van der Waals surface area (Å²) in [6.07, 6.45) is 0. The third-order valence-electron chi connectivity index (χ3n) is 5.65. The van der Waals surface area contributed by atoms with Crippen LogP contribution in [0.1, 0.15) is 16.4 Å². The zero-order valence-electron chi connectivity index (χ0n) is 21.2. The molecular formula is C29H28N2O5S2. The number of rotatable bonds is 10. The second kappa shape index (κ2) is 12.1. The van der Waals surface area contributed by atoms with Crippen molar-refractivity contribution in [3.63, 3.8) is 0 Å². The number of hydrogen-bond donors (Lipinski definition) is 2. The summed E-state index contributed by atoms with van der Waals surface area (Å²) >= 11 is 1.36. The second-order valence-corrected chi connectivity index (χ2v) is 11.3. The highest BCUT2D eigenvalue weighted by molar-refractivity contribution is 8.00. The number of nitrogens with one attached hydrogen (secondary N) is 2. The Balaban J connectivity index is 1.53. The van der Waals surface area contributed by atoms with Crippen molar-refractivity contribution in [1.82, 2.24) is 0 Å². The van der Waals surface area contributed by atoms with Crippen molar-refractivity contribution in [1.29, 1.82) is 0 Å². The maximum atomic E-state index is 13.4. The van der Waals surface area contributed by atoms with E-state index < -0.39 is 15.3 Å². The summed E-state index contributed by atoms with van der Waals surface area (Å²) in [5.74, 6) is 0.903. The summed E-state index contributed by atoms with van der Waals surface area (Å²) in [6.45, 7) is 1.90. The fourth-order valence-corrected chi connectivity index (χ4v) is 5.74. The minimum atomic E-state index is -3.71. The lowest BCUT2D eigenvalue weighted by atomic mass is 10.1. The Labute approximate surface area is 227 Å². The van der Waals surface area contributed by atoms with Crippen LogP contribution in [-0.2, 0) is 14.8 Å². The van der Waals surface area contributed by atoms with Crippen LogP contribution >= 0.6 is 11.8 Å². The van der Waals surface area contributed by atoms with Crippen LogP contribution in [0.4, 0.5) is 11.4 Å². The number of anilines is 2. The van der Waals surface area contributed by atoms with Gasteiger partial charge in [-0.2, -0.15) is 0 Å². The first-order chi connectivity index (χ1) is 18.3. The number of sulfonamides is 1. The Bertz CT molecular complexity index is 1470. The molecule has 38 heavy (non-hydrogen) atoms. The van der Waals surface area contributed by atoms with Gasteiger partial charge in [0.05, 0.1) is 19.1 Å². The van der Waals surface area contributed by atoms with Crippen molar-refractivity contribution in [3.8, 4) is 11.5 Å². The number of thioether (sulfide) groups is 1. The molecule has 0 aliphatic rings. The van der Waals surface area contributed by atoms with Gasteiger partial charge in [0.2, 0.25) is 5.91 Å². The van der Waals surface area contributed by atoms with Crippen LogP contribution in [0.15, 0.2) is 107 Å². The van der Waals surface area contributed by atoms with Crippen LogP contribution in [0.2, 0.25) is 0 Å². The fraction of sp³-hybridized carbons (Fsp3) is 0.138. The number of amides is 1. The third kappa shape index (κ3) is 6.87. The van der Waals surface area contributed by atoms with Crippen LogP contribution in [0.3, 0.4) is 0 Å². The predicted octanol–water partition coefficient (Wildman–Crippen LogP) is 6.29. The molecule has 0 saturated carbocycles. The molecule has 4 aromatic rings. The summed E-state index contributed by atoms with van der Waals surface area (Å²) in [5.41, 5.74) is 2.79. The lowest BCUT2D eigenvalue weighted by molar-refractivity contribution is -0.115. The van der Waals surface area contributed by atoms with Crippen molar-refractivity contribution >= 4 is 39.1 Å². The summed E-state index contributed by atoms with van der Waals surface area (Å²) in [4.78, 5) is 14.4. The Kier molecular flexibility index (Phi) is 8.60. The van der Waals surface area contributed by atoms with E-state index in [-0.39, 0.29) is 10.8 Å². The van der Waals surface area contributed by atoms with E-state index in [2.05, 4.69) is 10.0 Å². The quantitative estimate of drug-likeness (QED) is 0.226. The van der Waals surface area contributed by atoms with Crippen molar-refractivity contribution < 1.29 is 22.7 Å². The van der Waals surface area contributed by atoms with E-state index in [9.17, 15) is 13.2 Å². The number of benzene rings is 4. The van der Waals surface area contributed by atoms with Gasteiger partial charge < -0.3 is 14.8 Å². The highest BCUT2D eigenvalue weighted by Crippen LogP contribution is 2.37. The van der Waals surface area contributed by atoms with E-state index in [1.165, 1.54) is 11.8 Å². The van der Waals surface area contributed by atoms with Crippen LogP contribution in [-0.4, -0.2) is 28.5 Å². The molecule has 0 bridgehead atoms. The summed E-state index contributed by atoms with van der Waals surface area (Å²) in [7, 11) is -0.612. The zero-order valence-corrected chi connectivity index (χ0v) is 22.8. The van der Waals surface area contributed by atoms with Crippen molar-refractivity contribution in [2.45, 2.75) is 22.0 Å². The van der Waals surface area contributed by atoms with Gasteiger partial charge >= 0.3 is 0 Å². The van der Waals surface area contributed by atoms with Gasteiger partial charge in [0.25, 0.3) is 10.0 Å². The molecule has 7 nitrogen and oxygen atoms in total. The van der Waals surface area contributed by atoms with Crippen LogP contribution in [0.5, 0.6) is 11.5 Å². The standard InChI is InChI=1S/C29H28N2O5S2/c1-20-9-15-27(16-10-20)38(33,34)31-22-11-13-26(14-12-22)37-28(21-7-5-4-6-8-21)29(32)30-23-17-24(35-2)19-25(18-23)36-3/h4-19,28,31H,1-3H3,(H,30,32). The van der Waals surface area contributed by atoms with E-state index in [1.807, 2.05) is 37.3 Å². The van der Waals surface area contributed by atoms with Crippen LogP contribution in [0, 0.1) is 6.92 Å². The molecule has 4 aromatic carbocycles. The molecule has 1 amide bonds. The largest absolute Gasteiger partial charge is 0.497 e. The van der Waals surface area contributed by atoms with Gasteiger partial charge in [0, 0.05) is 34.5 Å². The minimum absolute atomic E-state index is 0.191. The molecule has 2 N–H and O–H groups in total. The van der Waals surface area contributed by atoms with Crippen molar-refractivity contribution in [3.05, 3.63) is 108 Å². The Morgan fingerprint density at radius 1 is 0.789 bits per heavy atom. The van der Waals surface area contributed by atoms with E-state index in [1.54, 1.807) is 80.9 Å². The van der Waals surface area contributed by atoms with Gasteiger partial charge in [-0.15, -0.1) is 11.8 Å². The van der Waals surface area contributed by atoms with Crippen LogP contribution in [0.25, 0.3) is 0 Å². The zero-order chi connectivity index (χ0) is 27.1. The van der Waals surface area contributed by atoms with Crippen molar-refractivity contribution in [2.24, 2.45) is 0 Å². The second-order valence-electron chi connectivity index (χ2n) is 8.44. The lowest BCUT2D eigenvalue weighted by Gasteiger charge is -2.18. The van der Waals surface area contributed by atoms with Crippen molar-refractivity contribution in [2.75, 3.05) is 24.3 Å². The third-order valence-corrected chi connectivity index (χ3v) is 8.31. The smallest absolute Gasteiger partial charge is 0.261 e. The van der Waals surface area contributed by atoms with Gasteiger partial charge in [-0.1, -0.05) is 48.0 Å². The van der Waals surface area contributed by atoms with E-state index in [0.29, 0.717) is 22.9 Å². The van der Waals surface area contributed by atoms with E-state index in [0.717, 1.165) is 16.0 Å².